The van der Waals surface area contributed by atoms with Crippen molar-refractivity contribution >= 4 is 11.8 Å². The molecule has 0 spiro atoms. The molecule has 0 aliphatic carbocycles. The number of benzene rings is 2. The maximum absolute atomic E-state index is 12.8. The summed E-state index contributed by atoms with van der Waals surface area (Å²) in [6, 6.07) is 19.9. The molecule has 1 aliphatic rings. The molecule has 1 saturated heterocycles. The third-order valence-corrected chi connectivity index (χ3v) is 5.41. The number of nitrogens with one attached hydrogen (secondary N) is 1. The maximum Gasteiger partial charge on any atom is 0.251 e. The van der Waals surface area contributed by atoms with Crippen molar-refractivity contribution in [3.8, 4) is 0 Å². The molecule has 0 bridgehead atoms. The SMILES string of the molecule is CC[C@@H](c1ccccc1)[C@@H]1CCCN1C(=O)CCNC(=O)c1ccccc1. The second kappa shape index (κ2) is 9.36. The second-order valence-electron chi connectivity index (χ2n) is 7.09. The fourth-order valence-corrected chi connectivity index (χ4v) is 4.07. The van der Waals surface area contributed by atoms with E-state index in [-0.39, 0.29) is 17.9 Å². The summed E-state index contributed by atoms with van der Waals surface area (Å²) in [6.07, 6.45) is 3.47. The van der Waals surface area contributed by atoms with Crippen LogP contribution < -0.4 is 5.32 Å². The first-order valence-electron chi connectivity index (χ1n) is 9.88. The van der Waals surface area contributed by atoms with E-state index in [4.69, 9.17) is 0 Å². The summed E-state index contributed by atoms with van der Waals surface area (Å²) < 4.78 is 0. The molecule has 27 heavy (non-hydrogen) atoms. The summed E-state index contributed by atoms with van der Waals surface area (Å²) in [4.78, 5) is 27.0. The number of carbonyl (C=O) groups excluding carboxylic acids is 2. The zero-order chi connectivity index (χ0) is 19.1. The zero-order valence-electron chi connectivity index (χ0n) is 15.9. The molecule has 4 heteroatoms. The number of hydrogen-bond donors (Lipinski definition) is 1. The smallest absolute Gasteiger partial charge is 0.251 e. The van der Waals surface area contributed by atoms with Crippen LogP contribution in [0, 0.1) is 0 Å². The highest BCUT2D eigenvalue weighted by Crippen LogP contribution is 2.33. The Morgan fingerprint density at radius 2 is 1.74 bits per heavy atom. The van der Waals surface area contributed by atoms with Crippen LogP contribution in [0.2, 0.25) is 0 Å². The molecule has 142 valence electrons. The minimum atomic E-state index is -0.128. The molecule has 3 rings (SSSR count). The van der Waals surface area contributed by atoms with Gasteiger partial charge in [-0.3, -0.25) is 9.59 Å². The van der Waals surface area contributed by atoms with Crippen LogP contribution in [0.1, 0.15) is 54.4 Å². The van der Waals surface area contributed by atoms with Crippen molar-refractivity contribution in [1.82, 2.24) is 10.2 Å². The first-order valence-corrected chi connectivity index (χ1v) is 9.88. The van der Waals surface area contributed by atoms with Crippen LogP contribution >= 0.6 is 0 Å². The van der Waals surface area contributed by atoms with E-state index in [1.54, 1.807) is 12.1 Å². The van der Waals surface area contributed by atoms with Gasteiger partial charge in [0.15, 0.2) is 0 Å². The van der Waals surface area contributed by atoms with E-state index in [0.29, 0.717) is 24.4 Å². The van der Waals surface area contributed by atoms with Gasteiger partial charge in [-0.1, -0.05) is 55.5 Å². The van der Waals surface area contributed by atoms with Crippen LogP contribution in [0.15, 0.2) is 60.7 Å². The predicted octanol–water partition coefficient (Wildman–Crippen LogP) is 3.99. The van der Waals surface area contributed by atoms with Gasteiger partial charge in [-0.05, 0) is 37.0 Å². The lowest BCUT2D eigenvalue weighted by molar-refractivity contribution is -0.132. The first kappa shape index (κ1) is 19.2. The predicted molar refractivity (Wildman–Crippen MR) is 108 cm³/mol. The Labute approximate surface area is 161 Å². The number of rotatable bonds is 7. The molecule has 2 amide bonds. The van der Waals surface area contributed by atoms with Crippen molar-refractivity contribution in [1.29, 1.82) is 0 Å². The Hall–Kier alpha value is -2.62. The van der Waals surface area contributed by atoms with Gasteiger partial charge < -0.3 is 10.2 Å². The topological polar surface area (TPSA) is 49.4 Å². The monoisotopic (exact) mass is 364 g/mol. The van der Waals surface area contributed by atoms with Crippen LogP contribution in [0.4, 0.5) is 0 Å². The van der Waals surface area contributed by atoms with Gasteiger partial charge in [-0.25, -0.2) is 0 Å². The lowest BCUT2D eigenvalue weighted by atomic mass is 9.87. The summed E-state index contributed by atoms with van der Waals surface area (Å²) in [6.45, 7) is 3.39. The van der Waals surface area contributed by atoms with Gasteiger partial charge in [-0.2, -0.15) is 0 Å². The van der Waals surface area contributed by atoms with Gasteiger partial charge in [0.25, 0.3) is 5.91 Å². The molecule has 1 N–H and O–H groups in total. The average molecular weight is 364 g/mol. The Kier molecular flexibility index (Phi) is 6.64. The van der Waals surface area contributed by atoms with Gasteiger partial charge >= 0.3 is 0 Å². The summed E-state index contributed by atoms with van der Waals surface area (Å²) in [5.74, 6) is 0.383. The normalized spacial score (nSPS) is 17.5. The summed E-state index contributed by atoms with van der Waals surface area (Å²) >= 11 is 0. The number of nitrogens with zero attached hydrogens (tertiary/aromatic N) is 1. The van der Waals surface area contributed by atoms with Crippen LogP contribution in [-0.4, -0.2) is 35.8 Å². The van der Waals surface area contributed by atoms with Crippen molar-refractivity contribution in [2.75, 3.05) is 13.1 Å². The third-order valence-electron chi connectivity index (χ3n) is 5.41. The largest absolute Gasteiger partial charge is 0.352 e. The molecule has 0 saturated carbocycles. The van der Waals surface area contributed by atoms with Crippen molar-refractivity contribution in [2.24, 2.45) is 0 Å². The third kappa shape index (κ3) is 4.76. The van der Waals surface area contributed by atoms with Crippen LogP contribution in [0.3, 0.4) is 0 Å². The van der Waals surface area contributed by atoms with Crippen LogP contribution in [-0.2, 0) is 4.79 Å². The Balaban J connectivity index is 1.56. The fraction of sp³-hybridized carbons (Fsp3) is 0.391. The molecule has 1 aliphatic heterocycles. The van der Waals surface area contributed by atoms with Crippen molar-refractivity contribution in [2.45, 2.75) is 44.6 Å². The highest BCUT2D eigenvalue weighted by Gasteiger charge is 2.34. The van der Waals surface area contributed by atoms with Crippen molar-refractivity contribution in [3.05, 3.63) is 71.8 Å². The number of likely N-dealkylation sites (tertiary alicyclic amines) is 1. The molecule has 0 radical (unpaired) electrons. The Morgan fingerprint density at radius 1 is 1.07 bits per heavy atom. The van der Waals surface area contributed by atoms with E-state index < -0.39 is 0 Å². The molecule has 0 unspecified atom stereocenters. The number of carbonyl (C=O) groups is 2. The van der Waals surface area contributed by atoms with Crippen molar-refractivity contribution < 1.29 is 9.59 Å². The minimum Gasteiger partial charge on any atom is -0.352 e. The molecular formula is C23H28N2O2. The van der Waals surface area contributed by atoms with Gasteiger partial charge in [0.05, 0.1) is 0 Å². The van der Waals surface area contributed by atoms with Gasteiger partial charge in [0.1, 0.15) is 0 Å². The maximum atomic E-state index is 12.8. The average Bonchev–Trinajstić information content (AvgIpc) is 3.19. The molecule has 1 heterocycles. The van der Waals surface area contributed by atoms with Gasteiger partial charge in [-0.15, -0.1) is 0 Å². The highest BCUT2D eigenvalue weighted by molar-refractivity contribution is 5.94. The van der Waals surface area contributed by atoms with Crippen LogP contribution in [0.25, 0.3) is 0 Å². The molecule has 0 aromatic heterocycles. The number of amides is 2. The van der Waals surface area contributed by atoms with Crippen molar-refractivity contribution in [3.63, 3.8) is 0 Å². The first-order chi connectivity index (χ1) is 13.2. The highest BCUT2D eigenvalue weighted by atomic mass is 16.2. The van der Waals surface area contributed by atoms with Gasteiger partial charge in [0, 0.05) is 37.0 Å². The van der Waals surface area contributed by atoms with E-state index in [1.165, 1.54) is 5.56 Å². The molecule has 1 fully saturated rings. The molecule has 2 atom stereocenters. The lowest BCUT2D eigenvalue weighted by Gasteiger charge is -2.32. The lowest BCUT2D eigenvalue weighted by Crippen LogP contribution is -2.40. The van der Waals surface area contributed by atoms with E-state index in [9.17, 15) is 9.59 Å². The molecule has 4 nitrogen and oxygen atoms in total. The van der Waals surface area contributed by atoms with E-state index >= 15 is 0 Å². The number of hydrogen-bond acceptors (Lipinski definition) is 2. The summed E-state index contributed by atoms with van der Waals surface area (Å²) in [5.41, 5.74) is 1.93. The minimum absolute atomic E-state index is 0.128. The summed E-state index contributed by atoms with van der Waals surface area (Å²) in [5, 5.41) is 2.86. The Morgan fingerprint density at radius 3 is 2.41 bits per heavy atom. The molecule has 2 aromatic rings. The molecule has 2 aromatic carbocycles. The quantitative estimate of drug-likeness (QED) is 0.807. The summed E-state index contributed by atoms with van der Waals surface area (Å²) in [7, 11) is 0. The van der Waals surface area contributed by atoms with E-state index in [2.05, 4.69) is 36.5 Å². The van der Waals surface area contributed by atoms with Gasteiger partial charge in [0.2, 0.25) is 5.91 Å². The van der Waals surface area contributed by atoms with E-state index in [0.717, 1.165) is 25.8 Å². The van der Waals surface area contributed by atoms with E-state index in [1.807, 2.05) is 29.2 Å². The fourth-order valence-electron chi connectivity index (χ4n) is 4.07. The second-order valence-corrected chi connectivity index (χ2v) is 7.09. The Bertz CT molecular complexity index is 745. The van der Waals surface area contributed by atoms with Crippen LogP contribution in [0.5, 0.6) is 0 Å². The molecular weight excluding hydrogens is 336 g/mol. The standard InChI is InChI=1S/C23H28N2O2/c1-2-20(18-10-5-3-6-11-18)21-14-9-17-25(21)22(26)15-16-24-23(27)19-12-7-4-8-13-19/h3-8,10-13,20-21H,2,9,14-17H2,1H3,(H,24,27)/t20-,21-/m0/s1. The zero-order valence-corrected chi connectivity index (χ0v) is 15.9.